The van der Waals surface area contributed by atoms with Crippen LogP contribution in [0.1, 0.15) is 12.7 Å². The average molecular weight is 377 g/mol. The summed E-state index contributed by atoms with van der Waals surface area (Å²) in [6.45, 7) is 1.99. The van der Waals surface area contributed by atoms with Gasteiger partial charge >= 0.3 is 0 Å². The van der Waals surface area contributed by atoms with Crippen LogP contribution in [0.5, 0.6) is 0 Å². The number of sulfonamides is 1. The minimum Gasteiger partial charge on any atom is -0.452 e. The molecule has 1 aromatic heterocycles. The van der Waals surface area contributed by atoms with E-state index >= 15 is 0 Å². The number of halogens is 2. The highest BCUT2D eigenvalue weighted by molar-refractivity contribution is 9.10. The van der Waals surface area contributed by atoms with Gasteiger partial charge in [-0.15, -0.1) is 0 Å². The molecule has 2 N–H and O–H groups in total. The standard InChI is InChI=1S/C13H14BrFN2O3S/c1-2-17(10-5-3-9(15)4-6-10)21(18,19)12-7-11(8-16)20-13(12)14/h3-7H,2,8,16H2,1H3. The molecule has 5 nitrogen and oxygen atoms in total. The van der Waals surface area contributed by atoms with E-state index in [-0.39, 0.29) is 22.7 Å². The molecule has 2 rings (SSSR count). The fourth-order valence-electron chi connectivity index (χ4n) is 1.89. The molecule has 0 saturated heterocycles. The molecule has 21 heavy (non-hydrogen) atoms. The maximum absolute atomic E-state index is 13.0. The Balaban J connectivity index is 2.49. The van der Waals surface area contributed by atoms with Crippen molar-refractivity contribution in [3.63, 3.8) is 0 Å². The summed E-state index contributed by atoms with van der Waals surface area (Å²) in [6, 6.07) is 6.63. The van der Waals surface area contributed by atoms with E-state index in [1.807, 2.05) is 0 Å². The van der Waals surface area contributed by atoms with E-state index in [0.717, 1.165) is 0 Å². The van der Waals surface area contributed by atoms with Gasteiger partial charge in [-0.25, -0.2) is 12.8 Å². The molecule has 8 heteroatoms. The van der Waals surface area contributed by atoms with Gasteiger partial charge in [-0.1, -0.05) is 0 Å². The molecule has 0 fully saturated rings. The zero-order valence-electron chi connectivity index (χ0n) is 11.2. The van der Waals surface area contributed by atoms with Crippen molar-refractivity contribution in [1.82, 2.24) is 0 Å². The molecule has 0 spiro atoms. The van der Waals surface area contributed by atoms with Gasteiger partial charge in [0.15, 0.2) is 4.67 Å². The quantitative estimate of drug-likeness (QED) is 0.870. The molecule has 0 aliphatic carbocycles. The number of nitrogens with zero attached hydrogens (tertiary/aromatic N) is 1. The van der Waals surface area contributed by atoms with E-state index in [1.54, 1.807) is 6.92 Å². The van der Waals surface area contributed by atoms with E-state index < -0.39 is 15.8 Å². The van der Waals surface area contributed by atoms with Gasteiger partial charge in [-0.3, -0.25) is 4.31 Å². The molecule has 0 aliphatic heterocycles. The number of hydrogen-bond donors (Lipinski definition) is 1. The van der Waals surface area contributed by atoms with E-state index in [1.165, 1.54) is 34.6 Å². The van der Waals surface area contributed by atoms with E-state index in [2.05, 4.69) is 15.9 Å². The number of benzene rings is 1. The van der Waals surface area contributed by atoms with Crippen LogP contribution in [-0.4, -0.2) is 15.0 Å². The molecule has 2 aromatic rings. The Morgan fingerprint density at radius 1 is 1.33 bits per heavy atom. The van der Waals surface area contributed by atoms with Crippen LogP contribution in [0.2, 0.25) is 0 Å². The lowest BCUT2D eigenvalue weighted by molar-refractivity contribution is 0.484. The van der Waals surface area contributed by atoms with E-state index in [4.69, 9.17) is 10.2 Å². The second-order valence-electron chi connectivity index (χ2n) is 4.20. The third-order valence-electron chi connectivity index (χ3n) is 2.88. The van der Waals surface area contributed by atoms with Crippen molar-refractivity contribution in [2.45, 2.75) is 18.4 Å². The third kappa shape index (κ3) is 3.12. The number of anilines is 1. The zero-order chi connectivity index (χ0) is 15.6. The van der Waals surface area contributed by atoms with Crippen LogP contribution in [0.4, 0.5) is 10.1 Å². The Morgan fingerprint density at radius 3 is 2.43 bits per heavy atom. The average Bonchev–Trinajstić information content (AvgIpc) is 2.83. The second kappa shape index (κ2) is 6.17. The molecule has 0 atom stereocenters. The van der Waals surface area contributed by atoms with Gasteiger partial charge in [0.25, 0.3) is 10.0 Å². The maximum atomic E-state index is 13.0. The van der Waals surface area contributed by atoms with Crippen molar-refractivity contribution in [2.75, 3.05) is 10.8 Å². The minimum absolute atomic E-state index is 0.00544. The Kier molecular flexibility index (Phi) is 4.70. The summed E-state index contributed by atoms with van der Waals surface area (Å²) in [4.78, 5) is -0.00544. The first-order valence-corrected chi connectivity index (χ1v) is 8.40. The highest BCUT2D eigenvalue weighted by Crippen LogP contribution is 2.31. The van der Waals surface area contributed by atoms with E-state index in [9.17, 15) is 12.8 Å². The van der Waals surface area contributed by atoms with Gasteiger partial charge < -0.3 is 10.2 Å². The topological polar surface area (TPSA) is 76.5 Å². The lowest BCUT2D eigenvalue weighted by Crippen LogP contribution is -2.30. The molecule has 114 valence electrons. The first kappa shape index (κ1) is 16.0. The van der Waals surface area contributed by atoms with Crippen LogP contribution < -0.4 is 10.0 Å². The molecule has 1 heterocycles. The summed E-state index contributed by atoms with van der Waals surface area (Å²) in [5.74, 6) is -0.0716. The fourth-order valence-corrected chi connectivity index (χ4v) is 4.33. The highest BCUT2D eigenvalue weighted by atomic mass is 79.9. The van der Waals surface area contributed by atoms with Crippen molar-refractivity contribution in [2.24, 2.45) is 5.73 Å². The normalized spacial score (nSPS) is 11.6. The molecular weight excluding hydrogens is 363 g/mol. The Labute approximate surface area is 130 Å². The predicted molar refractivity (Wildman–Crippen MR) is 80.9 cm³/mol. The second-order valence-corrected chi connectivity index (χ2v) is 6.75. The van der Waals surface area contributed by atoms with E-state index in [0.29, 0.717) is 11.4 Å². The van der Waals surface area contributed by atoms with Crippen molar-refractivity contribution < 1.29 is 17.2 Å². The lowest BCUT2D eigenvalue weighted by Gasteiger charge is -2.22. The van der Waals surface area contributed by atoms with Crippen LogP contribution >= 0.6 is 15.9 Å². The SMILES string of the molecule is CCN(c1ccc(F)cc1)S(=O)(=O)c1cc(CN)oc1Br. The lowest BCUT2D eigenvalue weighted by atomic mass is 10.3. The first-order chi connectivity index (χ1) is 9.90. The minimum atomic E-state index is -3.82. The summed E-state index contributed by atoms with van der Waals surface area (Å²) in [6.07, 6.45) is 0. The predicted octanol–water partition coefficient (Wildman–Crippen LogP) is 2.86. The number of nitrogens with two attached hydrogens (primary N) is 1. The van der Waals surface area contributed by atoms with Crippen LogP contribution in [0.15, 0.2) is 44.3 Å². The summed E-state index contributed by atoms with van der Waals surface area (Å²) in [5.41, 5.74) is 5.82. The summed E-state index contributed by atoms with van der Waals surface area (Å²) < 4.78 is 44.9. The zero-order valence-corrected chi connectivity index (χ0v) is 13.6. The molecule has 0 amide bonds. The molecule has 0 unspecified atom stereocenters. The Bertz CT molecular complexity index is 728. The summed E-state index contributed by atoms with van der Waals surface area (Å²) >= 11 is 3.09. The number of hydrogen-bond acceptors (Lipinski definition) is 4. The van der Waals surface area contributed by atoms with Crippen molar-refractivity contribution >= 4 is 31.6 Å². The molecule has 1 aromatic carbocycles. The Morgan fingerprint density at radius 2 is 1.95 bits per heavy atom. The fraction of sp³-hybridized carbons (Fsp3) is 0.231. The highest BCUT2D eigenvalue weighted by Gasteiger charge is 2.28. The number of rotatable bonds is 5. The number of furan rings is 1. The third-order valence-corrected chi connectivity index (χ3v) is 5.64. The molecular formula is C13H14BrFN2O3S. The van der Waals surface area contributed by atoms with Gasteiger partial charge in [0.1, 0.15) is 16.5 Å². The smallest absolute Gasteiger partial charge is 0.268 e. The van der Waals surface area contributed by atoms with Crippen molar-refractivity contribution in [1.29, 1.82) is 0 Å². The van der Waals surface area contributed by atoms with Crippen LogP contribution in [0, 0.1) is 5.82 Å². The first-order valence-electron chi connectivity index (χ1n) is 6.16. The molecule has 0 aliphatic rings. The molecule has 0 radical (unpaired) electrons. The van der Waals surface area contributed by atoms with Gasteiger partial charge in [0.05, 0.1) is 12.2 Å². The van der Waals surface area contributed by atoms with Crippen LogP contribution in [0.3, 0.4) is 0 Å². The van der Waals surface area contributed by atoms with Crippen molar-refractivity contribution in [3.8, 4) is 0 Å². The van der Waals surface area contributed by atoms with Gasteiger partial charge in [-0.2, -0.15) is 0 Å². The van der Waals surface area contributed by atoms with Crippen LogP contribution in [-0.2, 0) is 16.6 Å². The molecule has 0 bridgehead atoms. The van der Waals surface area contributed by atoms with Gasteiger partial charge in [0, 0.05) is 12.6 Å². The maximum Gasteiger partial charge on any atom is 0.268 e. The Hall–Kier alpha value is -1.38. The molecule has 0 saturated carbocycles. The van der Waals surface area contributed by atoms with Gasteiger partial charge in [0.2, 0.25) is 0 Å². The van der Waals surface area contributed by atoms with Crippen LogP contribution in [0.25, 0.3) is 0 Å². The van der Waals surface area contributed by atoms with Crippen molar-refractivity contribution in [3.05, 3.63) is 46.6 Å². The summed E-state index contributed by atoms with van der Waals surface area (Å²) in [7, 11) is -3.82. The monoisotopic (exact) mass is 376 g/mol. The largest absolute Gasteiger partial charge is 0.452 e. The van der Waals surface area contributed by atoms with Gasteiger partial charge in [-0.05, 0) is 47.1 Å². The summed E-state index contributed by atoms with van der Waals surface area (Å²) in [5, 5.41) is 0.